The third-order valence-electron chi connectivity index (χ3n) is 3.81. The molecule has 0 atom stereocenters. The van der Waals surface area contributed by atoms with Gasteiger partial charge in [-0.3, -0.25) is 4.79 Å². The second-order valence-corrected chi connectivity index (χ2v) is 5.63. The van der Waals surface area contributed by atoms with Gasteiger partial charge in [0.15, 0.2) is 0 Å². The van der Waals surface area contributed by atoms with Crippen molar-refractivity contribution < 1.29 is 9.53 Å². The summed E-state index contributed by atoms with van der Waals surface area (Å²) in [7, 11) is 0. The summed E-state index contributed by atoms with van der Waals surface area (Å²) >= 11 is 0. The minimum absolute atomic E-state index is 0.701. The normalized spacial score (nSPS) is 10.5. The van der Waals surface area contributed by atoms with Crippen molar-refractivity contribution in [3.8, 4) is 16.9 Å². The molecular weight excluding hydrogens is 272 g/mol. The Kier molecular flexibility index (Phi) is 6.20. The van der Waals surface area contributed by atoms with Gasteiger partial charge < -0.3 is 4.74 Å². The van der Waals surface area contributed by atoms with E-state index in [2.05, 4.69) is 26.0 Å². The summed E-state index contributed by atoms with van der Waals surface area (Å²) in [5.41, 5.74) is 4.11. The molecule has 2 nitrogen and oxygen atoms in total. The predicted molar refractivity (Wildman–Crippen MR) is 91.6 cm³/mol. The molecule has 0 bridgehead atoms. The lowest BCUT2D eigenvalue weighted by atomic mass is 10.0. The molecule has 0 spiro atoms. The number of hydrogen-bond acceptors (Lipinski definition) is 2. The van der Waals surface area contributed by atoms with Gasteiger partial charge >= 0.3 is 0 Å². The number of benzene rings is 2. The Hall–Kier alpha value is -2.09. The molecule has 0 fully saturated rings. The van der Waals surface area contributed by atoms with Crippen LogP contribution in [0.4, 0.5) is 0 Å². The van der Waals surface area contributed by atoms with Crippen LogP contribution in [0.3, 0.4) is 0 Å². The Morgan fingerprint density at radius 1 is 0.955 bits per heavy atom. The van der Waals surface area contributed by atoms with Crippen molar-refractivity contribution in [2.45, 2.75) is 39.5 Å². The van der Waals surface area contributed by atoms with Gasteiger partial charge in [-0.05, 0) is 42.2 Å². The van der Waals surface area contributed by atoms with Gasteiger partial charge in [-0.2, -0.15) is 0 Å². The molecule has 0 heterocycles. The van der Waals surface area contributed by atoms with Gasteiger partial charge in [0.1, 0.15) is 12.0 Å². The van der Waals surface area contributed by atoms with Crippen molar-refractivity contribution >= 4 is 6.29 Å². The molecule has 0 unspecified atom stereocenters. The standard InChI is InChI=1S/C20H24O2/c1-3-4-5-6-13-22-20-12-11-19(14-16(20)2)18-9-7-17(15-21)8-10-18/h7-12,14-15H,3-6,13H2,1-2H3. The number of aryl methyl sites for hydroxylation is 1. The molecule has 0 aliphatic heterocycles. The van der Waals surface area contributed by atoms with Crippen LogP contribution in [0.25, 0.3) is 11.1 Å². The fraction of sp³-hybridized carbons (Fsp3) is 0.350. The van der Waals surface area contributed by atoms with E-state index in [9.17, 15) is 4.79 Å². The summed E-state index contributed by atoms with van der Waals surface area (Å²) in [5.74, 6) is 0.963. The quantitative estimate of drug-likeness (QED) is 0.479. The van der Waals surface area contributed by atoms with E-state index in [0.29, 0.717) is 5.56 Å². The molecule has 22 heavy (non-hydrogen) atoms. The highest BCUT2D eigenvalue weighted by Gasteiger charge is 2.03. The largest absolute Gasteiger partial charge is 0.493 e. The number of rotatable bonds is 8. The summed E-state index contributed by atoms with van der Waals surface area (Å²) in [5, 5.41) is 0. The van der Waals surface area contributed by atoms with Crippen molar-refractivity contribution in [3.05, 3.63) is 53.6 Å². The fourth-order valence-corrected chi connectivity index (χ4v) is 2.46. The molecule has 2 aromatic rings. The molecule has 0 aliphatic carbocycles. The first-order valence-corrected chi connectivity index (χ1v) is 8.03. The Bertz CT molecular complexity index is 600. The molecule has 0 aliphatic rings. The third kappa shape index (κ3) is 4.45. The summed E-state index contributed by atoms with van der Waals surface area (Å²) in [4.78, 5) is 10.7. The number of carbonyl (C=O) groups excluding carboxylic acids is 1. The summed E-state index contributed by atoms with van der Waals surface area (Å²) in [6.07, 6.45) is 5.73. The Balaban J connectivity index is 2.00. The van der Waals surface area contributed by atoms with E-state index < -0.39 is 0 Å². The zero-order valence-electron chi connectivity index (χ0n) is 13.5. The Morgan fingerprint density at radius 2 is 1.68 bits per heavy atom. The van der Waals surface area contributed by atoms with Gasteiger partial charge in [-0.15, -0.1) is 0 Å². The molecule has 116 valence electrons. The van der Waals surface area contributed by atoms with Crippen LogP contribution >= 0.6 is 0 Å². The fourth-order valence-electron chi connectivity index (χ4n) is 2.46. The summed E-state index contributed by atoms with van der Waals surface area (Å²) in [6.45, 7) is 5.07. The topological polar surface area (TPSA) is 26.3 Å². The van der Waals surface area contributed by atoms with Crippen LogP contribution in [0.2, 0.25) is 0 Å². The zero-order chi connectivity index (χ0) is 15.8. The Morgan fingerprint density at radius 3 is 2.32 bits per heavy atom. The number of unbranched alkanes of at least 4 members (excludes halogenated alkanes) is 3. The van der Waals surface area contributed by atoms with Crippen LogP contribution in [0, 0.1) is 6.92 Å². The number of carbonyl (C=O) groups is 1. The second-order valence-electron chi connectivity index (χ2n) is 5.63. The molecule has 0 aromatic heterocycles. The zero-order valence-corrected chi connectivity index (χ0v) is 13.5. The van der Waals surface area contributed by atoms with E-state index in [0.717, 1.165) is 41.8 Å². The molecule has 2 aromatic carbocycles. The van der Waals surface area contributed by atoms with Crippen LogP contribution in [-0.2, 0) is 0 Å². The van der Waals surface area contributed by atoms with Gasteiger partial charge in [0.05, 0.1) is 6.61 Å². The molecule has 0 amide bonds. The summed E-state index contributed by atoms with van der Waals surface area (Å²) in [6, 6.07) is 13.9. The first kappa shape index (κ1) is 16.3. The smallest absolute Gasteiger partial charge is 0.150 e. The van der Waals surface area contributed by atoms with Crippen molar-refractivity contribution in [2.24, 2.45) is 0 Å². The minimum atomic E-state index is 0.701. The highest BCUT2D eigenvalue weighted by Crippen LogP contribution is 2.26. The third-order valence-corrected chi connectivity index (χ3v) is 3.81. The highest BCUT2D eigenvalue weighted by molar-refractivity contribution is 5.77. The van der Waals surface area contributed by atoms with Gasteiger partial charge in [0.25, 0.3) is 0 Å². The first-order valence-electron chi connectivity index (χ1n) is 8.03. The van der Waals surface area contributed by atoms with Crippen LogP contribution in [-0.4, -0.2) is 12.9 Å². The van der Waals surface area contributed by atoms with E-state index >= 15 is 0 Å². The number of hydrogen-bond donors (Lipinski definition) is 0. The highest BCUT2D eigenvalue weighted by atomic mass is 16.5. The lowest BCUT2D eigenvalue weighted by Gasteiger charge is -2.11. The van der Waals surface area contributed by atoms with Gasteiger partial charge in [0, 0.05) is 5.56 Å². The Labute approximate surface area is 133 Å². The first-order chi connectivity index (χ1) is 10.7. The molecular formula is C20H24O2. The molecule has 0 radical (unpaired) electrons. The van der Waals surface area contributed by atoms with Gasteiger partial charge in [0.2, 0.25) is 0 Å². The average molecular weight is 296 g/mol. The number of aldehydes is 1. The van der Waals surface area contributed by atoms with E-state index in [4.69, 9.17) is 4.74 Å². The van der Waals surface area contributed by atoms with Crippen LogP contribution in [0.1, 0.15) is 48.5 Å². The minimum Gasteiger partial charge on any atom is -0.493 e. The van der Waals surface area contributed by atoms with E-state index in [1.807, 2.05) is 30.3 Å². The maximum absolute atomic E-state index is 10.7. The molecule has 2 heteroatoms. The predicted octanol–water partition coefficient (Wildman–Crippen LogP) is 5.43. The molecule has 0 saturated carbocycles. The summed E-state index contributed by atoms with van der Waals surface area (Å²) < 4.78 is 5.86. The van der Waals surface area contributed by atoms with E-state index in [1.54, 1.807) is 0 Å². The van der Waals surface area contributed by atoms with Crippen LogP contribution in [0.5, 0.6) is 5.75 Å². The van der Waals surface area contributed by atoms with Crippen LogP contribution in [0.15, 0.2) is 42.5 Å². The average Bonchev–Trinajstić information content (AvgIpc) is 2.56. The van der Waals surface area contributed by atoms with Gasteiger partial charge in [-0.1, -0.05) is 56.5 Å². The molecule has 0 saturated heterocycles. The maximum Gasteiger partial charge on any atom is 0.150 e. The van der Waals surface area contributed by atoms with E-state index in [1.165, 1.54) is 19.3 Å². The van der Waals surface area contributed by atoms with Crippen molar-refractivity contribution in [1.29, 1.82) is 0 Å². The van der Waals surface area contributed by atoms with Crippen molar-refractivity contribution in [1.82, 2.24) is 0 Å². The SMILES string of the molecule is CCCCCCOc1ccc(-c2ccc(C=O)cc2)cc1C. The second kappa shape index (κ2) is 8.38. The number of ether oxygens (including phenoxy) is 1. The van der Waals surface area contributed by atoms with Crippen LogP contribution < -0.4 is 4.74 Å². The molecule has 2 rings (SSSR count). The van der Waals surface area contributed by atoms with Crippen molar-refractivity contribution in [2.75, 3.05) is 6.61 Å². The lowest BCUT2D eigenvalue weighted by Crippen LogP contribution is -1.99. The van der Waals surface area contributed by atoms with Crippen molar-refractivity contribution in [3.63, 3.8) is 0 Å². The molecule has 0 N–H and O–H groups in total. The lowest BCUT2D eigenvalue weighted by molar-refractivity contribution is 0.112. The maximum atomic E-state index is 10.7. The van der Waals surface area contributed by atoms with Gasteiger partial charge in [-0.25, -0.2) is 0 Å². The monoisotopic (exact) mass is 296 g/mol. The van der Waals surface area contributed by atoms with E-state index in [-0.39, 0.29) is 0 Å².